The molecule has 1 unspecified atom stereocenters. The van der Waals surface area contributed by atoms with Gasteiger partial charge in [0.05, 0.1) is 12.0 Å². The first-order chi connectivity index (χ1) is 10.8. The van der Waals surface area contributed by atoms with Gasteiger partial charge in [-0.25, -0.2) is 22.7 Å². The number of carbonyl (C=O) groups excluding carboxylic acids is 2. The highest BCUT2D eigenvalue weighted by molar-refractivity contribution is 7.98. The van der Waals surface area contributed by atoms with Crippen LogP contribution in [-0.4, -0.2) is 45.6 Å². The number of methoxy groups -OCH3 is 1. The minimum Gasteiger partial charge on any atom is -0.467 e. The second kappa shape index (κ2) is 8.78. The molecule has 0 saturated carbocycles. The van der Waals surface area contributed by atoms with Crippen molar-refractivity contribution in [3.63, 3.8) is 0 Å². The number of thioether (sulfide) groups is 1. The summed E-state index contributed by atoms with van der Waals surface area (Å²) in [5.41, 5.74) is 0.899. The fraction of sp³-hybridized carbons (Fsp3) is 0.429. The van der Waals surface area contributed by atoms with Crippen molar-refractivity contribution in [1.82, 2.24) is 10.0 Å². The number of urea groups is 1. The SMILES string of the molecule is COC(=O)C(CCSC)NC(=O)NS(=O)(=O)c1ccc(C)cc1. The van der Waals surface area contributed by atoms with Crippen molar-refractivity contribution in [3.05, 3.63) is 29.8 Å². The van der Waals surface area contributed by atoms with Crippen molar-refractivity contribution in [3.8, 4) is 0 Å². The Morgan fingerprint density at radius 1 is 1.26 bits per heavy atom. The standard InChI is InChI=1S/C14H20N2O5S2/c1-10-4-6-11(7-5-10)23(19,20)16-14(18)15-12(8-9-22-3)13(17)21-2/h4-7,12H,8-9H2,1-3H3,(H2,15,16,18). The van der Waals surface area contributed by atoms with Crippen LogP contribution >= 0.6 is 11.8 Å². The Labute approximate surface area is 140 Å². The van der Waals surface area contributed by atoms with Gasteiger partial charge in [0.25, 0.3) is 10.0 Å². The molecule has 1 aromatic rings. The fourth-order valence-electron chi connectivity index (χ4n) is 1.71. The van der Waals surface area contributed by atoms with Crippen LogP contribution in [0.3, 0.4) is 0 Å². The summed E-state index contributed by atoms with van der Waals surface area (Å²) >= 11 is 1.50. The Morgan fingerprint density at radius 3 is 2.39 bits per heavy atom. The first-order valence-electron chi connectivity index (χ1n) is 6.77. The monoisotopic (exact) mass is 360 g/mol. The van der Waals surface area contributed by atoms with E-state index in [1.165, 1.54) is 31.0 Å². The zero-order chi connectivity index (χ0) is 17.5. The molecule has 128 valence electrons. The Hall–Kier alpha value is -1.74. The zero-order valence-electron chi connectivity index (χ0n) is 13.2. The summed E-state index contributed by atoms with van der Waals surface area (Å²) in [6.45, 7) is 1.82. The van der Waals surface area contributed by atoms with Crippen LogP contribution < -0.4 is 10.0 Å². The Kier molecular flexibility index (Phi) is 7.37. The first kappa shape index (κ1) is 19.3. The molecule has 0 saturated heterocycles. The van der Waals surface area contributed by atoms with Crippen LogP contribution in [0.1, 0.15) is 12.0 Å². The normalized spacial score (nSPS) is 12.3. The Morgan fingerprint density at radius 2 is 1.87 bits per heavy atom. The van der Waals surface area contributed by atoms with Gasteiger partial charge in [-0.1, -0.05) is 17.7 Å². The van der Waals surface area contributed by atoms with Gasteiger partial charge in [-0.3, -0.25) is 0 Å². The number of aryl methyl sites for hydroxylation is 1. The van der Waals surface area contributed by atoms with E-state index in [1.807, 2.05) is 17.9 Å². The number of amides is 2. The predicted octanol–water partition coefficient (Wildman–Crippen LogP) is 1.28. The van der Waals surface area contributed by atoms with E-state index in [0.29, 0.717) is 12.2 Å². The number of esters is 1. The van der Waals surface area contributed by atoms with Crippen molar-refractivity contribution >= 4 is 33.8 Å². The molecule has 0 radical (unpaired) electrons. The van der Waals surface area contributed by atoms with Gasteiger partial charge >= 0.3 is 12.0 Å². The smallest absolute Gasteiger partial charge is 0.329 e. The minimum atomic E-state index is -3.99. The zero-order valence-corrected chi connectivity index (χ0v) is 14.8. The van der Waals surface area contributed by atoms with Gasteiger partial charge in [-0.05, 0) is 37.5 Å². The van der Waals surface area contributed by atoms with Gasteiger partial charge in [0.2, 0.25) is 0 Å². The summed E-state index contributed by atoms with van der Waals surface area (Å²) in [5.74, 6) is -0.00738. The number of carbonyl (C=O) groups is 2. The lowest BCUT2D eigenvalue weighted by Crippen LogP contribution is -2.48. The van der Waals surface area contributed by atoms with Crippen molar-refractivity contribution < 1.29 is 22.7 Å². The molecular weight excluding hydrogens is 340 g/mol. The van der Waals surface area contributed by atoms with Gasteiger partial charge in [-0.2, -0.15) is 11.8 Å². The summed E-state index contributed by atoms with van der Waals surface area (Å²) in [5, 5.41) is 2.32. The van der Waals surface area contributed by atoms with Crippen LogP contribution in [-0.2, 0) is 19.6 Å². The van der Waals surface area contributed by atoms with Crippen LogP contribution in [0.15, 0.2) is 29.2 Å². The van der Waals surface area contributed by atoms with Gasteiger partial charge in [0, 0.05) is 0 Å². The molecule has 1 aromatic carbocycles. The number of hydrogen-bond acceptors (Lipinski definition) is 6. The molecule has 0 aliphatic rings. The highest BCUT2D eigenvalue weighted by Crippen LogP contribution is 2.10. The molecule has 1 rings (SSSR count). The van der Waals surface area contributed by atoms with Gasteiger partial charge in [0.15, 0.2) is 0 Å². The second-order valence-electron chi connectivity index (χ2n) is 4.75. The lowest BCUT2D eigenvalue weighted by Gasteiger charge is -2.16. The topological polar surface area (TPSA) is 102 Å². The summed E-state index contributed by atoms with van der Waals surface area (Å²) < 4.78 is 30.7. The second-order valence-corrected chi connectivity index (χ2v) is 7.42. The summed E-state index contributed by atoms with van der Waals surface area (Å²) in [6.07, 6.45) is 2.20. The van der Waals surface area contributed by atoms with E-state index in [-0.39, 0.29) is 4.90 Å². The maximum atomic E-state index is 12.1. The van der Waals surface area contributed by atoms with E-state index < -0.39 is 28.1 Å². The van der Waals surface area contributed by atoms with Crippen molar-refractivity contribution in [1.29, 1.82) is 0 Å². The van der Waals surface area contributed by atoms with Crippen LogP contribution in [0.25, 0.3) is 0 Å². The average Bonchev–Trinajstić information content (AvgIpc) is 2.50. The molecule has 2 amide bonds. The highest BCUT2D eigenvalue weighted by atomic mass is 32.2. The van der Waals surface area contributed by atoms with Crippen molar-refractivity contribution in [2.45, 2.75) is 24.3 Å². The largest absolute Gasteiger partial charge is 0.467 e. The third kappa shape index (κ3) is 6.11. The molecule has 23 heavy (non-hydrogen) atoms. The predicted molar refractivity (Wildman–Crippen MR) is 88.8 cm³/mol. The fourth-order valence-corrected chi connectivity index (χ4v) is 3.10. The third-order valence-electron chi connectivity index (χ3n) is 2.96. The minimum absolute atomic E-state index is 0.0306. The summed E-state index contributed by atoms with van der Waals surface area (Å²) in [6, 6.07) is 4.18. The number of rotatable bonds is 7. The lowest BCUT2D eigenvalue weighted by atomic mass is 10.2. The van der Waals surface area contributed by atoms with E-state index in [9.17, 15) is 18.0 Å². The molecular formula is C14H20N2O5S2. The van der Waals surface area contributed by atoms with E-state index in [2.05, 4.69) is 10.1 Å². The van der Waals surface area contributed by atoms with E-state index in [1.54, 1.807) is 12.1 Å². The molecule has 1 atom stereocenters. The molecule has 0 aliphatic carbocycles. The van der Waals surface area contributed by atoms with Crippen molar-refractivity contribution in [2.24, 2.45) is 0 Å². The van der Waals surface area contributed by atoms with E-state index >= 15 is 0 Å². The molecule has 0 fully saturated rings. The maximum absolute atomic E-state index is 12.1. The molecule has 9 heteroatoms. The Bertz CT molecular complexity index is 644. The average molecular weight is 360 g/mol. The number of hydrogen-bond donors (Lipinski definition) is 2. The van der Waals surface area contributed by atoms with Crippen LogP contribution in [0.5, 0.6) is 0 Å². The number of sulfonamides is 1. The van der Waals surface area contributed by atoms with Crippen LogP contribution in [0, 0.1) is 6.92 Å². The van der Waals surface area contributed by atoms with E-state index in [4.69, 9.17) is 0 Å². The quantitative estimate of drug-likeness (QED) is 0.710. The molecule has 0 aromatic heterocycles. The maximum Gasteiger partial charge on any atom is 0.329 e. The lowest BCUT2D eigenvalue weighted by molar-refractivity contribution is -0.142. The van der Waals surface area contributed by atoms with Gasteiger partial charge in [0.1, 0.15) is 6.04 Å². The summed E-state index contributed by atoms with van der Waals surface area (Å²) in [4.78, 5) is 23.4. The third-order valence-corrected chi connectivity index (χ3v) is 4.95. The molecule has 2 N–H and O–H groups in total. The Balaban J connectivity index is 2.76. The molecule has 0 aliphatic heterocycles. The van der Waals surface area contributed by atoms with E-state index in [0.717, 1.165) is 5.56 Å². The van der Waals surface area contributed by atoms with Crippen LogP contribution in [0.2, 0.25) is 0 Å². The van der Waals surface area contributed by atoms with Crippen molar-refractivity contribution in [2.75, 3.05) is 19.1 Å². The first-order valence-corrected chi connectivity index (χ1v) is 9.64. The molecule has 0 bridgehead atoms. The van der Waals surface area contributed by atoms with Gasteiger partial charge < -0.3 is 10.1 Å². The van der Waals surface area contributed by atoms with Crippen LogP contribution in [0.4, 0.5) is 4.79 Å². The molecule has 0 heterocycles. The molecule has 0 spiro atoms. The molecule has 7 nitrogen and oxygen atoms in total. The van der Waals surface area contributed by atoms with Gasteiger partial charge in [-0.15, -0.1) is 0 Å². The summed E-state index contributed by atoms with van der Waals surface area (Å²) in [7, 11) is -2.79. The number of ether oxygens (including phenoxy) is 1. The highest BCUT2D eigenvalue weighted by Gasteiger charge is 2.24. The number of nitrogens with one attached hydrogen (secondary N) is 2. The number of benzene rings is 1.